The Kier molecular flexibility index (Phi) is 12.6. The largest absolute Gasteiger partial charge is 0.462 e. The van der Waals surface area contributed by atoms with Gasteiger partial charge in [-0.3, -0.25) is 9.59 Å². The molecule has 0 spiro atoms. The van der Waals surface area contributed by atoms with Gasteiger partial charge in [0.05, 0.1) is 0 Å². The van der Waals surface area contributed by atoms with Crippen molar-refractivity contribution in [2.45, 2.75) is 46.1 Å². The van der Waals surface area contributed by atoms with Crippen molar-refractivity contribution in [2.75, 3.05) is 6.61 Å². The standard InChI is InChI=1S/C10H18O4.C2H4/c1-4-5-6-10(14-9(3)12)7-13-8(2)11;1-2/h10H,4-7H2,1-3H3;1-2H2. The molecule has 0 radical (unpaired) electrons. The molecule has 0 saturated carbocycles. The third-order valence-corrected chi connectivity index (χ3v) is 1.68. The highest BCUT2D eigenvalue weighted by atomic mass is 16.6. The fourth-order valence-corrected chi connectivity index (χ4v) is 1.05. The van der Waals surface area contributed by atoms with Crippen molar-refractivity contribution in [3.8, 4) is 0 Å². The number of rotatable bonds is 6. The van der Waals surface area contributed by atoms with Crippen molar-refractivity contribution < 1.29 is 19.1 Å². The number of hydrogen-bond donors (Lipinski definition) is 0. The molecule has 0 bridgehead atoms. The average Bonchev–Trinajstić information content (AvgIpc) is 2.24. The van der Waals surface area contributed by atoms with Crippen LogP contribution >= 0.6 is 0 Å². The van der Waals surface area contributed by atoms with E-state index < -0.39 is 0 Å². The van der Waals surface area contributed by atoms with E-state index in [1.54, 1.807) is 0 Å². The highest BCUT2D eigenvalue weighted by molar-refractivity contribution is 5.67. The Morgan fingerprint density at radius 1 is 1.19 bits per heavy atom. The van der Waals surface area contributed by atoms with Gasteiger partial charge in [-0.05, 0) is 12.8 Å². The van der Waals surface area contributed by atoms with E-state index >= 15 is 0 Å². The zero-order valence-corrected chi connectivity index (χ0v) is 10.5. The van der Waals surface area contributed by atoms with Gasteiger partial charge in [-0.2, -0.15) is 0 Å². The third kappa shape index (κ3) is 12.7. The predicted molar refractivity (Wildman–Crippen MR) is 63.0 cm³/mol. The molecule has 4 nitrogen and oxygen atoms in total. The molecule has 0 aromatic carbocycles. The van der Waals surface area contributed by atoms with E-state index in [2.05, 4.69) is 20.1 Å². The minimum absolute atomic E-state index is 0.162. The van der Waals surface area contributed by atoms with Crippen molar-refractivity contribution in [3.63, 3.8) is 0 Å². The summed E-state index contributed by atoms with van der Waals surface area (Å²) in [5.41, 5.74) is 0. The molecule has 0 aliphatic carbocycles. The molecule has 0 fully saturated rings. The molecule has 0 heterocycles. The van der Waals surface area contributed by atoms with Crippen molar-refractivity contribution in [3.05, 3.63) is 13.2 Å². The van der Waals surface area contributed by atoms with E-state index in [-0.39, 0.29) is 24.6 Å². The van der Waals surface area contributed by atoms with Crippen LogP contribution in [-0.2, 0) is 19.1 Å². The molecule has 0 aliphatic heterocycles. The fourth-order valence-electron chi connectivity index (χ4n) is 1.05. The van der Waals surface area contributed by atoms with Crippen LogP contribution in [0.25, 0.3) is 0 Å². The Morgan fingerprint density at radius 2 is 1.75 bits per heavy atom. The molecule has 94 valence electrons. The zero-order chi connectivity index (χ0) is 13.0. The second-order valence-corrected chi connectivity index (χ2v) is 3.18. The summed E-state index contributed by atoms with van der Waals surface area (Å²) in [6.07, 6.45) is 2.43. The predicted octanol–water partition coefficient (Wildman–Crippen LogP) is 2.47. The lowest BCUT2D eigenvalue weighted by molar-refractivity contribution is -0.156. The zero-order valence-electron chi connectivity index (χ0n) is 10.5. The maximum Gasteiger partial charge on any atom is 0.303 e. The van der Waals surface area contributed by atoms with Crippen molar-refractivity contribution in [2.24, 2.45) is 0 Å². The van der Waals surface area contributed by atoms with Gasteiger partial charge in [-0.1, -0.05) is 13.3 Å². The van der Waals surface area contributed by atoms with E-state index in [9.17, 15) is 9.59 Å². The number of carbonyl (C=O) groups excluding carboxylic acids is 2. The SMILES string of the molecule is C=C.CCCCC(COC(C)=O)OC(C)=O. The molecule has 0 saturated heterocycles. The summed E-state index contributed by atoms with van der Waals surface area (Å²) in [6, 6.07) is 0. The maximum atomic E-state index is 10.7. The summed E-state index contributed by atoms with van der Waals surface area (Å²) < 4.78 is 9.77. The molecular formula is C12H22O4. The molecule has 4 heteroatoms. The van der Waals surface area contributed by atoms with Gasteiger partial charge in [0.1, 0.15) is 12.7 Å². The quantitative estimate of drug-likeness (QED) is 0.519. The summed E-state index contributed by atoms with van der Waals surface area (Å²) in [5, 5.41) is 0. The Morgan fingerprint density at radius 3 is 2.12 bits per heavy atom. The first-order chi connectivity index (χ1) is 7.56. The van der Waals surface area contributed by atoms with Gasteiger partial charge in [-0.15, -0.1) is 13.2 Å². The van der Waals surface area contributed by atoms with E-state index in [1.807, 2.05) is 0 Å². The number of carbonyl (C=O) groups is 2. The first kappa shape index (κ1) is 17.1. The summed E-state index contributed by atoms with van der Waals surface area (Å²) in [6.45, 7) is 10.9. The number of ether oxygens (including phenoxy) is 2. The van der Waals surface area contributed by atoms with E-state index in [0.29, 0.717) is 0 Å². The van der Waals surface area contributed by atoms with Crippen molar-refractivity contribution in [1.29, 1.82) is 0 Å². The molecule has 1 atom stereocenters. The van der Waals surface area contributed by atoms with Gasteiger partial charge in [-0.25, -0.2) is 0 Å². The molecule has 16 heavy (non-hydrogen) atoms. The molecule has 0 aromatic heterocycles. The Balaban J connectivity index is 0. The van der Waals surface area contributed by atoms with Crippen LogP contribution in [0.2, 0.25) is 0 Å². The lowest BCUT2D eigenvalue weighted by Crippen LogP contribution is -2.23. The number of esters is 2. The normalized spacial score (nSPS) is 10.7. The van der Waals surface area contributed by atoms with Gasteiger partial charge in [0, 0.05) is 13.8 Å². The average molecular weight is 230 g/mol. The monoisotopic (exact) mass is 230 g/mol. The third-order valence-electron chi connectivity index (χ3n) is 1.68. The maximum absolute atomic E-state index is 10.7. The van der Waals surface area contributed by atoms with Crippen LogP contribution in [0.1, 0.15) is 40.0 Å². The Hall–Kier alpha value is -1.32. The molecule has 0 aromatic rings. The van der Waals surface area contributed by atoms with E-state index in [1.165, 1.54) is 13.8 Å². The van der Waals surface area contributed by atoms with E-state index in [4.69, 9.17) is 9.47 Å². The molecule has 0 aliphatic rings. The topological polar surface area (TPSA) is 52.6 Å². The Bertz CT molecular complexity index is 201. The molecule has 0 rings (SSSR count). The van der Waals surface area contributed by atoms with Crippen LogP contribution in [0.4, 0.5) is 0 Å². The van der Waals surface area contributed by atoms with Crippen LogP contribution in [0.5, 0.6) is 0 Å². The van der Waals surface area contributed by atoms with Gasteiger partial charge in [0.2, 0.25) is 0 Å². The second-order valence-electron chi connectivity index (χ2n) is 3.18. The fraction of sp³-hybridized carbons (Fsp3) is 0.667. The van der Waals surface area contributed by atoms with Crippen molar-refractivity contribution >= 4 is 11.9 Å². The molecule has 1 unspecified atom stereocenters. The van der Waals surface area contributed by atoms with E-state index in [0.717, 1.165) is 19.3 Å². The van der Waals surface area contributed by atoms with Crippen LogP contribution in [0.15, 0.2) is 13.2 Å². The Labute approximate surface area is 97.6 Å². The second kappa shape index (κ2) is 11.8. The minimum atomic E-state index is -0.348. The van der Waals surface area contributed by atoms with Crippen LogP contribution in [-0.4, -0.2) is 24.6 Å². The lowest BCUT2D eigenvalue weighted by Gasteiger charge is -2.15. The summed E-state index contributed by atoms with van der Waals surface area (Å²) in [7, 11) is 0. The number of unbranched alkanes of at least 4 members (excludes halogenated alkanes) is 1. The van der Waals surface area contributed by atoms with Crippen LogP contribution < -0.4 is 0 Å². The van der Waals surface area contributed by atoms with Gasteiger partial charge >= 0.3 is 11.9 Å². The van der Waals surface area contributed by atoms with Gasteiger partial charge in [0.15, 0.2) is 0 Å². The molecule has 0 N–H and O–H groups in total. The summed E-state index contributed by atoms with van der Waals surface area (Å²) in [4.78, 5) is 21.2. The van der Waals surface area contributed by atoms with Gasteiger partial charge in [0.25, 0.3) is 0 Å². The number of hydrogen-bond acceptors (Lipinski definition) is 4. The van der Waals surface area contributed by atoms with Crippen LogP contribution in [0.3, 0.4) is 0 Å². The van der Waals surface area contributed by atoms with Crippen LogP contribution in [0, 0.1) is 0 Å². The van der Waals surface area contributed by atoms with Gasteiger partial charge < -0.3 is 9.47 Å². The first-order valence-electron chi connectivity index (χ1n) is 5.36. The summed E-state index contributed by atoms with van der Waals surface area (Å²) in [5.74, 6) is -0.683. The van der Waals surface area contributed by atoms with Crippen molar-refractivity contribution in [1.82, 2.24) is 0 Å². The first-order valence-corrected chi connectivity index (χ1v) is 5.36. The lowest BCUT2D eigenvalue weighted by atomic mass is 10.2. The summed E-state index contributed by atoms with van der Waals surface area (Å²) >= 11 is 0. The molecule has 0 amide bonds. The highest BCUT2D eigenvalue weighted by Gasteiger charge is 2.12. The smallest absolute Gasteiger partial charge is 0.303 e. The molecular weight excluding hydrogens is 208 g/mol. The highest BCUT2D eigenvalue weighted by Crippen LogP contribution is 2.06. The minimum Gasteiger partial charge on any atom is -0.462 e.